The summed E-state index contributed by atoms with van der Waals surface area (Å²) in [6.45, 7) is 0.681. The highest BCUT2D eigenvalue weighted by Crippen LogP contribution is 2.46. The average Bonchev–Trinajstić information content (AvgIpc) is 3.89. The Hall–Kier alpha value is -1.34. The Kier molecular flexibility index (Phi) is 9.40. The van der Waals surface area contributed by atoms with E-state index < -0.39 is 0 Å². The lowest BCUT2D eigenvalue weighted by Crippen LogP contribution is -2.62. The number of rotatable bonds is 4. The van der Waals surface area contributed by atoms with Crippen LogP contribution in [0.4, 0.5) is 0 Å². The molecular formula is C40H65N9O. The van der Waals surface area contributed by atoms with Gasteiger partial charge in [-0.2, -0.15) is 0 Å². The minimum Gasteiger partial charge on any atom is -0.490 e. The first-order chi connectivity index (χ1) is 24.7. The number of nitrogens with one attached hydrogen (secondary N) is 8. The van der Waals surface area contributed by atoms with E-state index in [9.17, 15) is 0 Å². The predicted octanol–water partition coefficient (Wildman–Crippen LogP) is 3.16. The van der Waals surface area contributed by atoms with Gasteiger partial charge in [0.05, 0.1) is 49.3 Å². The van der Waals surface area contributed by atoms with Gasteiger partial charge in [-0.05, 0) is 130 Å². The molecule has 0 amide bonds. The van der Waals surface area contributed by atoms with Crippen LogP contribution in [0.5, 0.6) is 5.75 Å². The molecule has 1 aromatic rings. The molecule has 5 saturated heterocycles. The number of hydrogen-bond acceptors (Lipinski definition) is 10. The maximum absolute atomic E-state index is 6.99. The van der Waals surface area contributed by atoms with Crippen LogP contribution in [0.3, 0.4) is 0 Å². The van der Waals surface area contributed by atoms with Crippen molar-refractivity contribution in [2.45, 2.75) is 158 Å². The maximum atomic E-state index is 6.99. The highest BCUT2D eigenvalue weighted by molar-refractivity contribution is 5.28. The number of nitrogens with two attached hydrogens (primary N) is 1. The number of hydrogen-bond donors (Lipinski definition) is 9. The van der Waals surface area contributed by atoms with Crippen molar-refractivity contribution in [2.24, 2.45) is 53.1 Å². The number of ether oxygens (including phenoxy) is 1. The smallest absolute Gasteiger partial charge is 0.119 e. The largest absolute Gasteiger partial charge is 0.490 e. The molecule has 50 heavy (non-hydrogen) atoms. The summed E-state index contributed by atoms with van der Waals surface area (Å²) in [4.78, 5) is 0. The summed E-state index contributed by atoms with van der Waals surface area (Å²) in [5.74, 6) is 6.01. The van der Waals surface area contributed by atoms with E-state index in [2.05, 4.69) is 66.8 Å². The van der Waals surface area contributed by atoms with Gasteiger partial charge in [-0.3, -0.25) is 42.5 Å². The fourth-order valence-corrected chi connectivity index (χ4v) is 13.2. The summed E-state index contributed by atoms with van der Waals surface area (Å²) in [5.41, 5.74) is 7.14. The Morgan fingerprint density at radius 2 is 0.800 bits per heavy atom. The van der Waals surface area contributed by atoms with Crippen LogP contribution in [0, 0.1) is 47.3 Å². The lowest BCUT2D eigenvalue weighted by atomic mass is 9.75. The van der Waals surface area contributed by atoms with Gasteiger partial charge in [-0.1, -0.05) is 50.7 Å². The van der Waals surface area contributed by atoms with E-state index in [1.807, 2.05) is 0 Å². The monoisotopic (exact) mass is 688 g/mol. The van der Waals surface area contributed by atoms with Crippen molar-refractivity contribution < 1.29 is 4.74 Å². The van der Waals surface area contributed by atoms with Crippen molar-refractivity contribution in [2.75, 3.05) is 6.54 Å². The van der Waals surface area contributed by atoms with Gasteiger partial charge < -0.3 is 10.5 Å². The highest BCUT2D eigenvalue weighted by Gasteiger charge is 2.56. The molecule has 5 aliphatic heterocycles. The second-order valence-corrected chi connectivity index (χ2v) is 18.0. The molecule has 0 radical (unpaired) electrons. The van der Waals surface area contributed by atoms with E-state index in [1.54, 1.807) is 0 Å². The first kappa shape index (κ1) is 33.2. The van der Waals surface area contributed by atoms with Crippen LogP contribution in [0.25, 0.3) is 0 Å². The zero-order valence-corrected chi connectivity index (χ0v) is 30.1. The fraction of sp³-hybridized carbons (Fsp3) is 0.850. The standard InChI is InChI=1S/C40H65N9O/c41-21-20-22-16-18-23(19-17-22)50-31-15-7-14-30-32(31)40-48-38-29-13-6-5-12-28(29)36(46-38)44-34-25-9-2-1-8-24(25)33(42-34)43-35-26-10-3-4-11-27(26)37(45-35)47-39(30)49-40/h16-19,24-40,42-49H,1-15,20-21,41H2. The third-order valence-corrected chi connectivity index (χ3v) is 15.5. The van der Waals surface area contributed by atoms with E-state index in [4.69, 9.17) is 10.5 Å². The molecule has 9 aliphatic rings. The van der Waals surface area contributed by atoms with E-state index in [0.29, 0.717) is 90.9 Å². The van der Waals surface area contributed by atoms with Crippen molar-refractivity contribution in [3.8, 4) is 5.75 Å². The Balaban J connectivity index is 0.973. The SMILES string of the molecule is NCCc1ccc(OC2CCCC3C4NC5NC(NC6NC(NC7NC(NC(N4)C23)C2CCCCC72)C2CCCCC62)C2CCCCC52)cc1. The van der Waals surface area contributed by atoms with Crippen molar-refractivity contribution >= 4 is 0 Å². The van der Waals surface area contributed by atoms with E-state index in [1.165, 1.54) is 95.5 Å². The Morgan fingerprint density at radius 1 is 0.440 bits per heavy atom. The van der Waals surface area contributed by atoms with Gasteiger partial charge in [0.1, 0.15) is 11.9 Å². The fourth-order valence-electron chi connectivity index (χ4n) is 13.2. The second-order valence-electron chi connectivity index (χ2n) is 18.0. The molecule has 276 valence electrons. The van der Waals surface area contributed by atoms with E-state index in [0.717, 1.165) is 18.6 Å². The normalized spacial score (nSPS) is 49.8. The Morgan fingerprint density at radius 3 is 1.20 bits per heavy atom. The van der Waals surface area contributed by atoms with Crippen LogP contribution in [-0.4, -0.2) is 62.0 Å². The molecule has 4 aliphatic carbocycles. The summed E-state index contributed by atoms with van der Waals surface area (Å²) < 4.78 is 6.99. The molecule has 9 fully saturated rings. The molecule has 17 unspecified atom stereocenters. The molecule has 1 aromatic carbocycles. The molecule has 10 heteroatoms. The second kappa shape index (κ2) is 14.1. The molecule has 10 rings (SSSR count). The molecule has 0 aromatic heterocycles. The molecule has 10 nitrogen and oxygen atoms in total. The van der Waals surface area contributed by atoms with Crippen LogP contribution in [0.2, 0.25) is 0 Å². The lowest BCUT2D eigenvalue weighted by molar-refractivity contribution is 0.0424. The van der Waals surface area contributed by atoms with Crippen molar-refractivity contribution in [3.63, 3.8) is 0 Å². The van der Waals surface area contributed by atoms with Crippen LogP contribution in [-0.2, 0) is 6.42 Å². The Labute approximate surface area is 300 Å². The van der Waals surface area contributed by atoms with Crippen LogP contribution in [0.1, 0.15) is 102 Å². The summed E-state index contributed by atoms with van der Waals surface area (Å²) in [5, 5.41) is 34.0. The molecule has 0 spiro atoms. The van der Waals surface area contributed by atoms with Crippen LogP contribution in [0.15, 0.2) is 24.3 Å². The lowest BCUT2D eigenvalue weighted by Gasteiger charge is -2.39. The van der Waals surface area contributed by atoms with Gasteiger partial charge in [-0.15, -0.1) is 0 Å². The number of benzene rings is 1. The molecular weight excluding hydrogens is 623 g/mol. The third-order valence-electron chi connectivity index (χ3n) is 15.5. The van der Waals surface area contributed by atoms with Crippen molar-refractivity contribution in [3.05, 3.63) is 29.8 Å². The molecule has 4 saturated carbocycles. The molecule has 5 heterocycles. The summed E-state index contributed by atoms with van der Waals surface area (Å²) >= 11 is 0. The van der Waals surface area contributed by atoms with Gasteiger partial charge in [0.2, 0.25) is 0 Å². The molecule has 10 N–H and O–H groups in total. The summed E-state index contributed by atoms with van der Waals surface area (Å²) in [6.07, 6.45) is 23.4. The Bertz CT molecular complexity index is 1310. The average molecular weight is 688 g/mol. The van der Waals surface area contributed by atoms with Crippen molar-refractivity contribution in [1.29, 1.82) is 0 Å². The van der Waals surface area contributed by atoms with Gasteiger partial charge in [0, 0.05) is 5.92 Å². The summed E-state index contributed by atoms with van der Waals surface area (Å²) in [6, 6.07) is 8.76. The van der Waals surface area contributed by atoms with E-state index >= 15 is 0 Å². The topological polar surface area (TPSA) is 131 Å². The van der Waals surface area contributed by atoms with Crippen molar-refractivity contribution in [1.82, 2.24) is 42.5 Å². The zero-order chi connectivity index (χ0) is 33.2. The van der Waals surface area contributed by atoms with Crippen LogP contribution >= 0.6 is 0 Å². The first-order valence-corrected chi connectivity index (χ1v) is 21.2. The van der Waals surface area contributed by atoms with Gasteiger partial charge in [-0.25, -0.2) is 0 Å². The first-order valence-electron chi connectivity index (χ1n) is 21.2. The zero-order valence-electron chi connectivity index (χ0n) is 30.1. The van der Waals surface area contributed by atoms with Crippen LogP contribution < -0.4 is 53.0 Å². The minimum absolute atomic E-state index is 0.182. The van der Waals surface area contributed by atoms with Gasteiger partial charge in [0.25, 0.3) is 0 Å². The van der Waals surface area contributed by atoms with Gasteiger partial charge >= 0.3 is 0 Å². The maximum Gasteiger partial charge on any atom is 0.119 e. The predicted molar refractivity (Wildman–Crippen MR) is 196 cm³/mol. The minimum atomic E-state index is 0.182. The highest BCUT2D eigenvalue weighted by atomic mass is 16.5. The van der Waals surface area contributed by atoms with Gasteiger partial charge in [0.15, 0.2) is 0 Å². The third kappa shape index (κ3) is 6.06. The molecule has 8 bridgehead atoms. The number of fused-ring (bicyclic) bond motifs is 20. The quantitative estimate of drug-likeness (QED) is 0.233. The molecule has 17 atom stereocenters. The van der Waals surface area contributed by atoms with E-state index in [-0.39, 0.29) is 18.4 Å². The summed E-state index contributed by atoms with van der Waals surface area (Å²) in [7, 11) is 0.